The van der Waals surface area contributed by atoms with Gasteiger partial charge in [-0.2, -0.15) is 5.26 Å². The molecule has 2 aromatic rings. The normalized spacial score (nSPS) is 34.3. The number of likely N-dealkylation sites (N-methyl/N-ethyl adjacent to an activating group) is 1. The second-order valence-corrected chi connectivity index (χ2v) is 21.3. The fourth-order valence-corrected chi connectivity index (χ4v) is 13.9. The van der Waals surface area contributed by atoms with Gasteiger partial charge in [0.15, 0.2) is 17.4 Å². The number of ether oxygens (including phenoxy) is 1. The number of allylic oxidation sites excluding steroid dienone is 1. The van der Waals surface area contributed by atoms with Crippen LogP contribution in [0.2, 0.25) is 0 Å². The first-order chi connectivity index (χ1) is 27.6. The SMILES string of the molecule is CNCCn1c(-c2ccc(C#N)cc2)nnc1[C@@H](O)[C@@]12CC[C@]3(C)[C@H](CC[C@@H]4[C@@]5(C)CC[C@H](OC(=O)CC(C)(C)C(=O)O)C(C)(C)[C@@H]5CC[C@]43C)C1=C(C(C)C)C(=O)C2. The monoisotopic (exact) mass is 810 g/mol. The molecule has 1 aromatic heterocycles. The molecule has 0 saturated heterocycles. The van der Waals surface area contributed by atoms with Gasteiger partial charge in [0.05, 0.1) is 23.5 Å². The first-order valence-corrected chi connectivity index (χ1v) is 22.1. The van der Waals surface area contributed by atoms with E-state index >= 15 is 0 Å². The number of carbonyl (C=O) groups excluding carboxylic acids is 2. The predicted molar refractivity (Wildman–Crippen MR) is 224 cm³/mol. The van der Waals surface area contributed by atoms with Crippen LogP contribution in [0.5, 0.6) is 0 Å². The lowest BCUT2D eigenvalue weighted by atomic mass is 9.33. The van der Waals surface area contributed by atoms with Crippen molar-refractivity contribution in [2.45, 2.75) is 145 Å². The second kappa shape index (κ2) is 14.9. The van der Waals surface area contributed by atoms with Crippen LogP contribution in [0.3, 0.4) is 0 Å². The van der Waals surface area contributed by atoms with E-state index in [4.69, 9.17) is 9.84 Å². The smallest absolute Gasteiger partial charge is 0.309 e. The summed E-state index contributed by atoms with van der Waals surface area (Å²) in [6.07, 6.45) is 6.06. The number of benzene rings is 1. The lowest BCUT2D eigenvalue weighted by molar-refractivity contribution is -0.235. The zero-order valence-corrected chi connectivity index (χ0v) is 37.1. The van der Waals surface area contributed by atoms with Crippen molar-refractivity contribution < 1.29 is 29.3 Å². The maximum Gasteiger partial charge on any atom is 0.309 e. The highest BCUT2D eigenvalue weighted by atomic mass is 16.5. The first kappa shape index (κ1) is 43.2. The van der Waals surface area contributed by atoms with Crippen molar-refractivity contribution in [2.75, 3.05) is 13.6 Å². The average molecular weight is 810 g/mol. The number of fused-ring (bicyclic) bond motifs is 7. The molecule has 0 spiro atoms. The number of esters is 1. The van der Waals surface area contributed by atoms with Crippen molar-refractivity contribution in [3.63, 3.8) is 0 Å². The van der Waals surface area contributed by atoms with Gasteiger partial charge in [-0.3, -0.25) is 14.4 Å². The van der Waals surface area contributed by atoms with Crippen LogP contribution >= 0.6 is 0 Å². The van der Waals surface area contributed by atoms with Gasteiger partial charge >= 0.3 is 11.9 Å². The number of aliphatic hydroxyl groups excluding tert-OH is 1. The Bertz CT molecular complexity index is 2080. The maximum atomic E-state index is 14.4. The molecule has 0 unspecified atom stereocenters. The van der Waals surface area contributed by atoms with Crippen LogP contribution in [0.15, 0.2) is 35.4 Å². The van der Waals surface area contributed by atoms with E-state index in [9.17, 15) is 29.9 Å². The number of nitriles is 1. The highest BCUT2D eigenvalue weighted by molar-refractivity contribution is 6.00. The highest BCUT2D eigenvalue weighted by Crippen LogP contribution is 2.77. The molecular formula is C48H67N5O6. The second-order valence-electron chi connectivity index (χ2n) is 21.3. The highest BCUT2D eigenvalue weighted by Gasteiger charge is 2.71. The topological polar surface area (TPSA) is 167 Å². The van der Waals surface area contributed by atoms with E-state index in [1.807, 2.05) is 23.7 Å². The van der Waals surface area contributed by atoms with Crippen molar-refractivity contribution in [1.82, 2.24) is 20.1 Å². The van der Waals surface area contributed by atoms with Crippen LogP contribution in [-0.2, 0) is 25.7 Å². The van der Waals surface area contributed by atoms with Crippen LogP contribution in [0.25, 0.3) is 11.4 Å². The number of aliphatic carboxylic acids is 1. The van der Waals surface area contributed by atoms with E-state index in [0.29, 0.717) is 48.6 Å². The molecule has 9 atom stereocenters. The molecule has 320 valence electrons. The van der Waals surface area contributed by atoms with Crippen molar-refractivity contribution >= 4 is 17.7 Å². The number of hydrogen-bond donors (Lipinski definition) is 3. The molecule has 11 heteroatoms. The van der Waals surface area contributed by atoms with E-state index in [1.54, 1.807) is 26.0 Å². The van der Waals surface area contributed by atoms with Crippen molar-refractivity contribution in [2.24, 2.45) is 56.2 Å². The van der Waals surface area contributed by atoms with Gasteiger partial charge in [-0.15, -0.1) is 10.2 Å². The number of nitrogens with zero attached hydrogens (tertiary/aromatic N) is 4. The number of aromatic nitrogens is 3. The number of carboxylic acid groups (broad SMARTS) is 1. The molecular weight excluding hydrogens is 743 g/mol. The third kappa shape index (κ3) is 6.52. The first-order valence-electron chi connectivity index (χ1n) is 22.1. The van der Waals surface area contributed by atoms with Gasteiger partial charge < -0.3 is 24.8 Å². The van der Waals surface area contributed by atoms with Gasteiger partial charge in [-0.1, -0.05) is 48.5 Å². The Hall–Kier alpha value is -3.88. The lowest BCUT2D eigenvalue weighted by Crippen LogP contribution is -2.66. The number of Topliss-reactive ketones (excluding diaryl/α,β-unsaturated/α-hetero) is 1. The molecule has 0 amide bonds. The summed E-state index contributed by atoms with van der Waals surface area (Å²) in [4.78, 5) is 39.4. The van der Waals surface area contributed by atoms with Crippen LogP contribution in [0.1, 0.15) is 144 Å². The number of rotatable bonds is 11. The van der Waals surface area contributed by atoms with Crippen LogP contribution < -0.4 is 5.32 Å². The standard InChI is InChI=1S/C48H67N5O6/c1-28(2)37-32(54)25-48(39(56)41-52-51-40(53(41)24-23-50-10)30-13-11-29(27-49)12-14-30)22-21-46(8)31(38(37)48)15-16-34-45(7)19-18-35(59-36(55)26-43(3,4)42(57)58)44(5,6)33(45)17-20-47(34,46)9/h11-14,28,31,33-35,39,50,56H,15-26H2,1-10H3,(H,57,58)/t31-,33+,34-,35+,39-,45+,46-,47-,48-/m1/s1. The number of nitrogens with one attached hydrogen (secondary N) is 1. The summed E-state index contributed by atoms with van der Waals surface area (Å²) in [5.74, 6) is 0.716. The Morgan fingerprint density at radius 2 is 1.68 bits per heavy atom. The fraction of sp³-hybridized carbons (Fsp3) is 0.708. The predicted octanol–water partition coefficient (Wildman–Crippen LogP) is 8.46. The molecule has 7 rings (SSSR count). The van der Waals surface area contributed by atoms with Gasteiger partial charge in [0.25, 0.3) is 0 Å². The summed E-state index contributed by atoms with van der Waals surface area (Å²) in [5, 5.41) is 44.6. The van der Waals surface area contributed by atoms with Gasteiger partial charge in [-0.25, -0.2) is 0 Å². The third-order valence-corrected chi connectivity index (χ3v) is 17.3. The summed E-state index contributed by atoms with van der Waals surface area (Å²) in [5.41, 5.74) is 1.06. The summed E-state index contributed by atoms with van der Waals surface area (Å²) >= 11 is 0. The van der Waals surface area contributed by atoms with Gasteiger partial charge in [0.1, 0.15) is 12.2 Å². The number of hydrogen-bond acceptors (Lipinski definition) is 9. The zero-order valence-electron chi connectivity index (χ0n) is 37.1. The van der Waals surface area contributed by atoms with E-state index in [2.05, 4.69) is 65.0 Å². The quantitative estimate of drug-likeness (QED) is 0.187. The molecule has 4 fully saturated rings. The lowest BCUT2D eigenvalue weighted by Gasteiger charge is -2.72. The zero-order chi connectivity index (χ0) is 43.1. The van der Waals surface area contributed by atoms with E-state index in [1.165, 1.54) is 5.57 Å². The number of ketones is 1. The Labute approximate surface area is 350 Å². The molecule has 0 radical (unpaired) electrons. The summed E-state index contributed by atoms with van der Waals surface area (Å²) in [6, 6.07) is 9.47. The maximum absolute atomic E-state index is 14.4. The molecule has 1 heterocycles. The molecule has 3 N–H and O–H groups in total. The summed E-state index contributed by atoms with van der Waals surface area (Å²) < 4.78 is 8.19. The van der Waals surface area contributed by atoms with E-state index < -0.39 is 28.9 Å². The minimum atomic E-state index is -1.19. The molecule has 11 nitrogen and oxygen atoms in total. The van der Waals surface area contributed by atoms with Gasteiger partial charge in [-0.05, 0) is 148 Å². The number of aliphatic hydroxyl groups is 1. The Morgan fingerprint density at radius 1 is 0.983 bits per heavy atom. The Morgan fingerprint density at radius 3 is 2.31 bits per heavy atom. The number of carboxylic acids is 1. The largest absolute Gasteiger partial charge is 0.481 e. The van der Waals surface area contributed by atoms with Gasteiger partial charge in [0, 0.05) is 35.9 Å². The van der Waals surface area contributed by atoms with E-state index in [-0.39, 0.29) is 58.2 Å². The number of carbonyl (C=O) groups is 3. The molecule has 1 aromatic carbocycles. The molecule has 59 heavy (non-hydrogen) atoms. The van der Waals surface area contributed by atoms with Crippen LogP contribution in [0.4, 0.5) is 0 Å². The van der Waals surface area contributed by atoms with Crippen molar-refractivity contribution in [1.29, 1.82) is 5.26 Å². The molecule has 5 aliphatic carbocycles. The fourth-order valence-electron chi connectivity index (χ4n) is 13.9. The summed E-state index contributed by atoms with van der Waals surface area (Å²) in [7, 11) is 1.89. The Kier molecular flexibility index (Phi) is 10.9. The molecule has 0 aliphatic heterocycles. The minimum Gasteiger partial charge on any atom is -0.481 e. The average Bonchev–Trinajstić information content (AvgIpc) is 3.73. The molecule has 5 aliphatic rings. The third-order valence-electron chi connectivity index (χ3n) is 17.3. The minimum absolute atomic E-state index is 0.00804. The Balaban J connectivity index is 1.22. The van der Waals surface area contributed by atoms with E-state index in [0.717, 1.165) is 56.1 Å². The summed E-state index contributed by atoms with van der Waals surface area (Å²) in [6.45, 7) is 20.6. The van der Waals surface area contributed by atoms with Crippen LogP contribution in [0, 0.1) is 67.5 Å². The van der Waals surface area contributed by atoms with Crippen molar-refractivity contribution in [3.8, 4) is 17.5 Å². The van der Waals surface area contributed by atoms with Crippen molar-refractivity contribution in [3.05, 3.63) is 46.8 Å². The van der Waals surface area contributed by atoms with Crippen LogP contribution in [-0.4, -0.2) is 62.4 Å². The molecule has 4 saturated carbocycles. The van der Waals surface area contributed by atoms with Gasteiger partial charge in [0.2, 0.25) is 0 Å². The molecule has 0 bridgehead atoms.